The number of aryl methyl sites for hydroxylation is 5. The molecule has 8 aromatic rings. The van der Waals surface area contributed by atoms with Crippen LogP contribution in [-0.2, 0) is 73.5 Å². The van der Waals surface area contributed by atoms with Crippen LogP contribution in [0.25, 0.3) is 33.2 Å². The van der Waals surface area contributed by atoms with Crippen molar-refractivity contribution in [2.45, 2.75) is 231 Å². The Kier molecular flexibility index (Phi) is 34.8. The lowest BCUT2D eigenvalue weighted by molar-refractivity contribution is -0.137. The van der Waals surface area contributed by atoms with Gasteiger partial charge < -0.3 is 55.5 Å². The highest BCUT2D eigenvalue weighted by atomic mass is 79.9. The first-order valence-corrected chi connectivity index (χ1v) is 45.5. The average Bonchev–Trinajstić information content (AvgIpc) is 1.63. The van der Waals surface area contributed by atoms with Crippen molar-refractivity contribution in [3.05, 3.63) is 151 Å². The van der Waals surface area contributed by atoms with Gasteiger partial charge in [-0.25, -0.2) is 52.9 Å². The van der Waals surface area contributed by atoms with Gasteiger partial charge in [-0.1, -0.05) is 88.1 Å². The van der Waals surface area contributed by atoms with Crippen molar-refractivity contribution in [3.8, 4) is 22.3 Å². The molecule has 3 saturated heterocycles. The highest BCUT2D eigenvalue weighted by Crippen LogP contribution is 2.38. The molecular weight excluding hydrogens is 1840 g/mol. The lowest BCUT2D eigenvalue weighted by Crippen LogP contribution is -2.46. The van der Waals surface area contributed by atoms with Crippen LogP contribution in [0.15, 0.2) is 111 Å². The van der Waals surface area contributed by atoms with Crippen molar-refractivity contribution in [2.75, 3.05) is 87.1 Å². The average molecular weight is 1950 g/mol. The molecule has 6 atom stereocenters. The second-order valence-corrected chi connectivity index (χ2v) is 36.5. The molecule has 6 aliphatic rings. The number of ketones is 2. The third-order valence-electron chi connectivity index (χ3n) is 22.4. The maximum absolute atomic E-state index is 16.3. The Hall–Kier alpha value is -9.98. The van der Waals surface area contributed by atoms with Crippen LogP contribution in [0.1, 0.15) is 195 Å². The molecule has 12 heterocycles. The maximum Gasteiger partial charge on any atom is 0.411 e. The summed E-state index contributed by atoms with van der Waals surface area (Å²) in [5, 5.41) is 36.1. The summed E-state index contributed by atoms with van der Waals surface area (Å²) in [4.78, 5) is 134. The van der Waals surface area contributed by atoms with Crippen molar-refractivity contribution in [1.82, 2.24) is 59.8 Å². The summed E-state index contributed by atoms with van der Waals surface area (Å²) in [7, 11) is 0. The Labute approximate surface area is 761 Å². The van der Waals surface area contributed by atoms with Gasteiger partial charge in [-0.3, -0.25) is 48.6 Å². The molecule has 0 spiro atoms. The zero-order valence-electron chi connectivity index (χ0n) is 72.6. The summed E-state index contributed by atoms with van der Waals surface area (Å²) in [6.07, 6.45) is 23.3. The van der Waals surface area contributed by atoms with Gasteiger partial charge in [-0.2, -0.15) is 5.10 Å². The summed E-state index contributed by atoms with van der Waals surface area (Å²) >= 11 is 10.1. The molecule has 6 aliphatic heterocycles. The number of ether oxygens (including phenoxy) is 4. The first-order valence-electron chi connectivity index (χ1n) is 43.1. The van der Waals surface area contributed by atoms with Crippen LogP contribution in [-0.4, -0.2) is 219 Å². The number of halogens is 6. The Morgan fingerprint density at radius 2 is 1.00 bits per heavy atom. The topological polar surface area (TPSA) is 392 Å². The van der Waals surface area contributed by atoms with Crippen LogP contribution in [0.5, 0.6) is 0 Å². The highest BCUT2D eigenvalue weighted by molar-refractivity contribution is 9.11. The minimum absolute atomic E-state index is 0.0458. The van der Waals surface area contributed by atoms with Gasteiger partial charge in [0.15, 0.2) is 22.9 Å². The van der Waals surface area contributed by atoms with Crippen molar-refractivity contribution in [1.29, 1.82) is 5.41 Å². The molecule has 7 N–H and O–H groups in total. The number of carbonyl (C=O) groups is 8. The zero-order chi connectivity index (χ0) is 91.2. The smallest absolute Gasteiger partial charge is 0.411 e. The Morgan fingerprint density at radius 1 is 0.567 bits per heavy atom. The Bertz CT molecular complexity index is 5250. The van der Waals surface area contributed by atoms with Crippen molar-refractivity contribution >= 4 is 135 Å². The van der Waals surface area contributed by atoms with Crippen LogP contribution in [0.2, 0.25) is 0 Å². The minimum Gasteiger partial charge on any atom is -0.480 e. The summed E-state index contributed by atoms with van der Waals surface area (Å²) in [5.41, 5.74) is 1.26. The number of alkyl halides is 3. The minimum atomic E-state index is -1.91. The Balaban J connectivity index is 0.000000172. The van der Waals surface area contributed by atoms with Crippen molar-refractivity contribution < 1.29 is 75.6 Å². The molecule has 30 nitrogen and oxygen atoms in total. The van der Waals surface area contributed by atoms with E-state index in [1.807, 2.05) is 48.5 Å². The molecule has 0 unspecified atom stereocenters. The third kappa shape index (κ3) is 28.3. The lowest BCUT2D eigenvalue weighted by Gasteiger charge is -2.28. The number of rotatable bonds is 10. The summed E-state index contributed by atoms with van der Waals surface area (Å²) in [5.74, 6) is -0.735. The fourth-order valence-corrected chi connectivity index (χ4v) is 16.7. The number of hydrogen-bond donors (Lipinski definition) is 7. The molecule has 2 aromatic carbocycles. The number of carboxylic acid groups (broad SMARTS) is 1. The number of Topliss-reactive ketones (excluding diaryl/α,β-unsaturated/α-hetero) is 2. The van der Waals surface area contributed by atoms with E-state index in [1.54, 1.807) is 83.7 Å². The van der Waals surface area contributed by atoms with Crippen LogP contribution < -0.4 is 26.6 Å². The van der Waals surface area contributed by atoms with E-state index in [0.717, 1.165) is 155 Å². The van der Waals surface area contributed by atoms with E-state index in [0.29, 0.717) is 84.9 Å². The van der Waals surface area contributed by atoms with Crippen LogP contribution in [0.3, 0.4) is 0 Å². The highest BCUT2D eigenvalue weighted by Gasteiger charge is 2.52. The fraction of sp³-hybridized carbons (Fsp3) is 0.505. The van der Waals surface area contributed by atoms with Gasteiger partial charge in [0.2, 0.25) is 23.6 Å². The number of carbonyl (C=O) groups excluding carboxylic acids is 7. The van der Waals surface area contributed by atoms with E-state index < -0.39 is 76.3 Å². The van der Waals surface area contributed by atoms with Gasteiger partial charge in [0.25, 0.3) is 0 Å². The SMILES string of the molecule is CC(=O)C(=N)c1cc(-c2cnc(C)nc2)ccc1NCC(=O)O.CC(=O)c1nn(CC(=O)N2C[C@@]3(F)COCCCCCCCc4ccc(Br)nc4NC(=O)[C@@H]2C3)c2ccc(-c3cnc(C)nc3)cc12.CC(C)(C)OC(=O)N1C[C@@]2(F)COCCCCCCCc3ccc(Br)nc3NC(=O)[C@@H]1C2.O=C1Nc2nc(Br)ccc2CCCCCCCOC[C@]2(F)CN[C@H]1C2. The van der Waals surface area contributed by atoms with E-state index in [2.05, 4.69) is 114 Å². The molecule has 680 valence electrons. The predicted molar refractivity (Wildman–Crippen MR) is 485 cm³/mol. The molecule has 0 aliphatic carbocycles. The van der Waals surface area contributed by atoms with Crippen LogP contribution in [0.4, 0.5) is 41.1 Å². The number of likely N-dealkylation sites (tertiary alicyclic amines) is 2. The van der Waals surface area contributed by atoms with E-state index in [1.165, 1.54) is 28.3 Å². The van der Waals surface area contributed by atoms with E-state index in [4.69, 9.17) is 29.5 Å². The number of nitrogens with zero attached hydrogens (tertiary/aromatic N) is 11. The fourth-order valence-electron chi connectivity index (χ4n) is 15.8. The van der Waals surface area contributed by atoms with Gasteiger partial charge in [-0.15, -0.1) is 0 Å². The quantitative estimate of drug-likeness (QED) is 0.0380. The molecule has 6 aromatic heterocycles. The molecule has 127 heavy (non-hydrogen) atoms. The third-order valence-corrected chi connectivity index (χ3v) is 23.7. The summed E-state index contributed by atoms with van der Waals surface area (Å²) < 4.78 is 72.4. The van der Waals surface area contributed by atoms with Gasteiger partial charge in [0.1, 0.15) is 90.8 Å². The van der Waals surface area contributed by atoms with Crippen molar-refractivity contribution in [3.63, 3.8) is 0 Å². The van der Waals surface area contributed by atoms with E-state index >= 15 is 8.78 Å². The second kappa shape index (κ2) is 45.3. The number of aromatic nitrogens is 9. The molecule has 6 bridgehead atoms. The molecule has 3 fully saturated rings. The number of hydrogen-bond acceptors (Lipinski definition) is 23. The molecule has 0 radical (unpaired) electrons. The van der Waals surface area contributed by atoms with Gasteiger partial charge >= 0.3 is 12.1 Å². The van der Waals surface area contributed by atoms with Crippen molar-refractivity contribution in [2.24, 2.45) is 0 Å². The second-order valence-electron chi connectivity index (χ2n) is 34.0. The summed E-state index contributed by atoms with van der Waals surface area (Å²) in [6, 6.07) is 19.3. The summed E-state index contributed by atoms with van der Waals surface area (Å²) in [6.45, 7) is 11.6. The molecule has 0 saturated carbocycles. The number of carboxylic acids is 1. The van der Waals surface area contributed by atoms with E-state index in [-0.39, 0.29) is 94.9 Å². The number of aliphatic carboxylic acids is 1. The molecule has 5 amide bonds. The van der Waals surface area contributed by atoms with E-state index in [9.17, 15) is 42.7 Å². The van der Waals surface area contributed by atoms with Gasteiger partial charge in [-0.05, 0) is 210 Å². The number of pyridine rings is 3. The van der Waals surface area contributed by atoms with Crippen LogP contribution >= 0.6 is 47.8 Å². The number of nitrogens with one attached hydrogen (secondary N) is 6. The zero-order valence-corrected chi connectivity index (χ0v) is 77.4. The number of anilines is 4. The monoisotopic (exact) mass is 1940 g/mol. The Morgan fingerprint density at radius 3 is 1.46 bits per heavy atom. The van der Waals surface area contributed by atoms with Gasteiger partial charge in [0.05, 0.1) is 44.5 Å². The maximum atomic E-state index is 16.3. The number of amides is 5. The van der Waals surface area contributed by atoms with Gasteiger partial charge in [0, 0.05) is 112 Å². The predicted octanol–water partition coefficient (Wildman–Crippen LogP) is 15.9. The lowest BCUT2D eigenvalue weighted by atomic mass is 9.99. The number of fused-ring (bicyclic) bond motifs is 10. The standard InChI is InChI=1S/C34H37BrFN7O4.C23H33BrFN3O4.C18H25BrFN3O2.C16H16N4O3/c1-21(44)31-26-14-24(25-16-37-22(2)38-17-25)9-11-27(26)43(41-31)18-30(45)42-19-34(36)15-28(42)33(46)40-32-23(10-12-29(35)39-32)8-6-4-3-5-7-13-47-20-34;1-22(2,3)32-21(30)28-14-23(25)13-17(28)20(29)27-19-16(10-11-18(24)26-19)9-7-5-4-6-8-12-31-15-23;19-15-8-7-13-6-4-2-1-3-5-9-25-12-18(20)10-14(21-11-18)17(24)23-16(13)22-15;1-9(21)16(17)13-5-11(12-6-18-10(2)19-7-12)3-4-14(13)20-8-15(22)23/h9-12,14,16-17,28H,3-8,13,15,18-20H2,1-2H3,(H,39,40,46);10-11,17H,4-9,12-15H2,1-3H3,(H,26,27,29);7-8,14,21H,1-6,9-12H2,(H,22,23,24);3-7,17,20H,8H2,1-2H3,(H,22,23)/t28-,34+;17-,23+;14-,18+;/m000./s1. The first-order chi connectivity index (χ1) is 60.6. The molecular formula is C91H111Br3F3N17O13. The molecule has 14 rings (SSSR count). The number of benzene rings is 2. The van der Waals surface area contributed by atoms with Crippen LogP contribution in [0, 0.1) is 19.3 Å². The normalized spacial score (nSPS) is 21.8. The largest absolute Gasteiger partial charge is 0.480 e. The molecule has 36 heteroatoms. The first kappa shape index (κ1) is 97.6.